The molecule has 1 fully saturated rings. The van der Waals surface area contributed by atoms with Gasteiger partial charge in [-0.15, -0.1) is 11.3 Å². The largest absolute Gasteiger partial charge is 0.493 e. The minimum Gasteiger partial charge on any atom is -0.493 e. The van der Waals surface area contributed by atoms with Gasteiger partial charge in [-0.25, -0.2) is 15.0 Å². The first-order valence-electron chi connectivity index (χ1n) is 13.3. The monoisotopic (exact) mass is 575 g/mol. The van der Waals surface area contributed by atoms with Crippen molar-refractivity contribution in [1.82, 2.24) is 19.9 Å². The Morgan fingerprint density at radius 3 is 2.68 bits per heavy atom. The Morgan fingerprint density at radius 2 is 2.00 bits per heavy atom. The number of benzene rings is 2. The number of nitrogens with zero attached hydrogens (tertiary/aromatic N) is 4. The number of amides is 1. The normalized spacial score (nSPS) is 14.1. The minimum absolute atomic E-state index is 0.0656. The molecule has 3 heterocycles. The molecule has 0 spiro atoms. The lowest BCUT2D eigenvalue weighted by atomic mass is 9.96. The highest BCUT2D eigenvalue weighted by atomic mass is 32.1. The molecular weight excluding hydrogens is 542 g/mol. The number of nitrogens with one attached hydrogen (secondary N) is 1. The quantitative estimate of drug-likeness (QED) is 0.246. The second-order valence-corrected chi connectivity index (χ2v) is 11.2. The van der Waals surface area contributed by atoms with Crippen LogP contribution in [0.25, 0.3) is 10.9 Å². The standard InChI is InChI=1S/C30H33N5O5S/c1-5-28(36)35-11-8-19(9-12-35)40-26-15-21-24(16-25(26)38-4)32-18-33-29(21)34-23-7-6-20(14-22(23)30(2,3)37)39-17-27-31-10-13-41-27/h5-7,10,13-16,18-19,37H,1,8-9,11-12,17H2,2-4H3,(H,32,33,34). The van der Waals surface area contributed by atoms with Crippen molar-refractivity contribution in [3.63, 3.8) is 0 Å². The van der Waals surface area contributed by atoms with Crippen molar-refractivity contribution in [3.8, 4) is 17.2 Å². The van der Waals surface area contributed by atoms with Crippen LogP contribution in [0.5, 0.6) is 17.2 Å². The van der Waals surface area contributed by atoms with E-state index in [1.165, 1.54) is 23.7 Å². The number of hydrogen-bond donors (Lipinski definition) is 2. The van der Waals surface area contributed by atoms with E-state index in [-0.39, 0.29) is 12.0 Å². The van der Waals surface area contributed by atoms with Gasteiger partial charge in [-0.3, -0.25) is 4.79 Å². The average Bonchev–Trinajstić information content (AvgIpc) is 3.50. The highest BCUT2D eigenvalue weighted by Gasteiger charge is 2.25. The fraction of sp³-hybridized carbons (Fsp3) is 0.333. The Hall–Kier alpha value is -4.22. The third kappa shape index (κ3) is 6.58. The molecule has 214 valence electrons. The first-order valence-corrected chi connectivity index (χ1v) is 14.2. The van der Waals surface area contributed by atoms with E-state index < -0.39 is 5.60 Å². The fourth-order valence-electron chi connectivity index (χ4n) is 4.74. The van der Waals surface area contributed by atoms with Crippen LogP contribution in [0.3, 0.4) is 0 Å². The highest BCUT2D eigenvalue weighted by Crippen LogP contribution is 2.38. The zero-order chi connectivity index (χ0) is 29.0. The first kappa shape index (κ1) is 28.3. The molecule has 2 N–H and O–H groups in total. The molecule has 5 rings (SSSR count). The number of carbonyl (C=O) groups excluding carboxylic acids is 1. The van der Waals surface area contributed by atoms with Gasteiger partial charge in [-0.05, 0) is 44.2 Å². The van der Waals surface area contributed by atoms with Gasteiger partial charge in [-0.2, -0.15) is 0 Å². The number of methoxy groups -OCH3 is 1. The van der Waals surface area contributed by atoms with Gasteiger partial charge in [0, 0.05) is 60.2 Å². The molecule has 41 heavy (non-hydrogen) atoms. The Kier molecular flexibility index (Phi) is 8.36. The van der Waals surface area contributed by atoms with Gasteiger partial charge < -0.3 is 29.5 Å². The molecule has 0 radical (unpaired) electrons. The van der Waals surface area contributed by atoms with Crippen LogP contribution < -0.4 is 19.5 Å². The molecular formula is C30H33N5O5S. The van der Waals surface area contributed by atoms with Crippen LogP contribution in [-0.4, -0.2) is 57.2 Å². The van der Waals surface area contributed by atoms with Crippen LogP contribution in [-0.2, 0) is 17.0 Å². The summed E-state index contributed by atoms with van der Waals surface area (Å²) >= 11 is 1.52. The van der Waals surface area contributed by atoms with E-state index in [9.17, 15) is 9.90 Å². The Balaban J connectivity index is 1.41. The number of aromatic nitrogens is 3. The van der Waals surface area contributed by atoms with Gasteiger partial charge in [-0.1, -0.05) is 6.58 Å². The molecule has 1 aliphatic rings. The maximum atomic E-state index is 12.0. The predicted molar refractivity (Wildman–Crippen MR) is 158 cm³/mol. The van der Waals surface area contributed by atoms with Crippen molar-refractivity contribution in [1.29, 1.82) is 0 Å². The number of piperidine rings is 1. The van der Waals surface area contributed by atoms with Crippen LogP contribution in [0.1, 0.15) is 37.3 Å². The summed E-state index contributed by atoms with van der Waals surface area (Å²) in [6, 6.07) is 9.21. The zero-order valence-corrected chi connectivity index (χ0v) is 24.1. The van der Waals surface area contributed by atoms with E-state index >= 15 is 0 Å². The van der Waals surface area contributed by atoms with Gasteiger partial charge in [0.2, 0.25) is 5.91 Å². The summed E-state index contributed by atoms with van der Waals surface area (Å²) in [5.41, 5.74) is 0.833. The molecule has 1 aliphatic heterocycles. The first-order chi connectivity index (χ1) is 19.7. The number of ether oxygens (including phenoxy) is 3. The number of aliphatic hydroxyl groups is 1. The summed E-state index contributed by atoms with van der Waals surface area (Å²) in [5.74, 6) is 2.24. The number of rotatable bonds is 10. The van der Waals surface area contributed by atoms with Crippen LogP contribution in [0.2, 0.25) is 0 Å². The molecule has 0 unspecified atom stereocenters. The Labute approximate surface area is 242 Å². The summed E-state index contributed by atoms with van der Waals surface area (Å²) in [7, 11) is 1.59. The predicted octanol–water partition coefficient (Wildman–Crippen LogP) is 5.20. The van der Waals surface area contributed by atoms with E-state index in [2.05, 4.69) is 26.8 Å². The molecule has 0 bridgehead atoms. The van der Waals surface area contributed by atoms with E-state index in [0.717, 1.165) is 10.4 Å². The lowest BCUT2D eigenvalue weighted by Gasteiger charge is -2.31. The summed E-state index contributed by atoms with van der Waals surface area (Å²) < 4.78 is 17.9. The molecule has 0 atom stereocenters. The summed E-state index contributed by atoms with van der Waals surface area (Å²) in [5, 5.41) is 17.9. The third-order valence-electron chi connectivity index (χ3n) is 6.89. The average molecular weight is 576 g/mol. The van der Waals surface area contributed by atoms with Crippen molar-refractivity contribution in [2.45, 2.75) is 45.0 Å². The van der Waals surface area contributed by atoms with Crippen molar-refractivity contribution >= 4 is 39.7 Å². The number of hydrogen-bond acceptors (Lipinski definition) is 10. The van der Waals surface area contributed by atoms with Crippen LogP contribution in [0.15, 0.2) is 60.9 Å². The van der Waals surface area contributed by atoms with Crippen molar-refractivity contribution in [2.24, 2.45) is 0 Å². The maximum absolute atomic E-state index is 12.0. The van der Waals surface area contributed by atoms with Gasteiger partial charge in [0.1, 0.15) is 35.6 Å². The Bertz CT molecular complexity index is 1530. The number of anilines is 2. The summed E-state index contributed by atoms with van der Waals surface area (Å²) in [6.07, 6.45) is 5.88. The van der Waals surface area contributed by atoms with E-state index in [0.29, 0.717) is 72.4 Å². The van der Waals surface area contributed by atoms with Gasteiger partial charge >= 0.3 is 0 Å². The van der Waals surface area contributed by atoms with Crippen molar-refractivity contribution < 1.29 is 24.1 Å². The minimum atomic E-state index is -1.16. The van der Waals surface area contributed by atoms with Crippen molar-refractivity contribution in [2.75, 3.05) is 25.5 Å². The second-order valence-electron chi connectivity index (χ2n) is 10.2. The van der Waals surface area contributed by atoms with Crippen LogP contribution in [0, 0.1) is 0 Å². The molecule has 10 nitrogen and oxygen atoms in total. The van der Waals surface area contributed by atoms with Crippen molar-refractivity contribution in [3.05, 3.63) is 71.5 Å². The summed E-state index contributed by atoms with van der Waals surface area (Å²) in [4.78, 5) is 26.9. The van der Waals surface area contributed by atoms with Gasteiger partial charge in [0.05, 0.1) is 18.2 Å². The topological polar surface area (TPSA) is 119 Å². The number of carbonyl (C=O) groups is 1. The summed E-state index contributed by atoms with van der Waals surface area (Å²) in [6.45, 7) is 8.57. The highest BCUT2D eigenvalue weighted by molar-refractivity contribution is 7.09. The molecule has 2 aromatic carbocycles. The SMILES string of the molecule is C=CC(=O)N1CCC(Oc2cc3c(Nc4ccc(OCc5nccs5)cc4C(C)(C)O)ncnc3cc2OC)CC1. The van der Waals surface area contributed by atoms with E-state index in [1.807, 2.05) is 35.7 Å². The second kappa shape index (κ2) is 12.1. The fourth-order valence-corrected chi connectivity index (χ4v) is 5.27. The third-order valence-corrected chi connectivity index (χ3v) is 7.64. The smallest absolute Gasteiger partial charge is 0.245 e. The molecule has 1 saturated heterocycles. The molecule has 11 heteroatoms. The lowest BCUT2D eigenvalue weighted by molar-refractivity contribution is -0.127. The van der Waals surface area contributed by atoms with Crippen LogP contribution in [0.4, 0.5) is 11.5 Å². The Morgan fingerprint density at radius 1 is 1.20 bits per heavy atom. The lowest BCUT2D eigenvalue weighted by Crippen LogP contribution is -2.41. The molecule has 0 saturated carbocycles. The van der Waals surface area contributed by atoms with Crippen LogP contribution >= 0.6 is 11.3 Å². The molecule has 1 amide bonds. The molecule has 4 aromatic rings. The van der Waals surface area contributed by atoms with Gasteiger partial charge in [0.15, 0.2) is 11.5 Å². The maximum Gasteiger partial charge on any atom is 0.245 e. The number of likely N-dealkylation sites (tertiary alicyclic amines) is 1. The molecule has 0 aliphatic carbocycles. The van der Waals surface area contributed by atoms with Gasteiger partial charge in [0.25, 0.3) is 0 Å². The molecule has 2 aromatic heterocycles. The number of thiazole rings is 1. The van der Waals surface area contributed by atoms with E-state index in [4.69, 9.17) is 14.2 Å². The number of fused-ring (bicyclic) bond motifs is 1. The van der Waals surface area contributed by atoms with E-state index in [1.54, 1.807) is 32.1 Å². The zero-order valence-electron chi connectivity index (χ0n) is 23.3.